The second-order valence-electron chi connectivity index (χ2n) is 3.18. The van der Waals surface area contributed by atoms with E-state index in [0.717, 1.165) is 30.5 Å². The second-order valence-corrected chi connectivity index (χ2v) is 3.18. The van der Waals surface area contributed by atoms with Gasteiger partial charge in [-0.3, -0.25) is 0 Å². The van der Waals surface area contributed by atoms with Crippen LogP contribution in [0.3, 0.4) is 0 Å². The molecule has 0 bridgehead atoms. The van der Waals surface area contributed by atoms with Gasteiger partial charge in [0.05, 0.1) is 6.10 Å². The maximum absolute atomic E-state index is 9.57. The molecule has 0 aromatic carbocycles. The largest absolute Gasteiger partial charge is 0.388 e. The average Bonchev–Trinajstić information content (AvgIpc) is 2.04. The number of hydrogen-bond acceptors (Lipinski definition) is 3. The number of aliphatic hydroxyl groups excluding tert-OH is 1. The number of rotatable bonds is 0. The van der Waals surface area contributed by atoms with Gasteiger partial charge in [-0.15, -0.1) is 0 Å². The Morgan fingerprint density at radius 1 is 1.50 bits per heavy atom. The van der Waals surface area contributed by atoms with E-state index in [-0.39, 0.29) is 6.10 Å². The first-order valence-corrected chi connectivity index (χ1v) is 4.21. The zero-order chi connectivity index (χ0) is 8.55. The molecular formula is C9H12N2O. The minimum atomic E-state index is -0.332. The summed E-state index contributed by atoms with van der Waals surface area (Å²) in [7, 11) is 0. The maximum atomic E-state index is 9.57. The molecule has 0 spiro atoms. The minimum absolute atomic E-state index is 0.332. The number of nitrogens with two attached hydrogens (primary N) is 1. The summed E-state index contributed by atoms with van der Waals surface area (Å²) in [5.74, 6) is 0.544. The molecule has 0 unspecified atom stereocenters. The summed E-state index contributed by atoms with van der Waals surface area (Å²) in [5.41, 5.74) is 7.46. The van der Waals surface area contributed by atoms with Gasteiger partial charge in [0.25, 0.3) is 0 Å². The van der Waals surface area contributed by atoms with Crippen LogP contribution < -0.4 is 5.73 Å². The van der Waals surface area contributed by atoms with E-state index in [4.69, 9.17) is 5.73 Å². The maximum Gasteiger partial charge on any atom is 0.123 e. The van der Waals surface area contributed by atoms with E-state index in [1.807, 2.05) is 6.07 Å². The lowest BCUT2D eigenvalue weighted by Gasteiger charge is -2.19. The fourth-order valence-corrected chi connectivity index (χ4v) is 1.65. The Morgan fingerprint density at radius 2 is 2.33 bits per heavy atom. The van der Waals surface area contributed by atoms with Crippen LogP contribution in [0.1, 0.15) is 30.2 Å². The summed E-state index contributed by atoms with van der Waals surface area (Å²) in [6, 6.07) is 3.62. The van der Waals surface area contributed by atoms with E-state index in [1.165, 1.54) is 0 Å². The third-order valence-electron chi connectivity index (χ3n) is 2.28. The molecule has 64 valence electrons. The van der Waals surface area contributed by atoms with E-state index in [9.17, 15) is 5.11 Å². The van der Waals surface area contributed by atoms with Gasteiger partial charge in [-0.25, -0.2) is 4.98 Å². The highest BCUT2D eigenvalue weighted by Crippen LogP contribution is 2.28. The quantitative estimate of drug-likeness (QED) is 0.602. The lowest BCUT2D eigenvalue weighted by Crippen LogP contribution is -2.11. The number of anilines is 1. The van der Waals surface area contributed by atoms with Crippen molar-refractivity contribution in [3.63, 3.8) is 0 Å². The van der Waals surface area contributed by atoms with Gasteiger partial charge >= 0.3 is 0 Å². The third kappa shape index (κ3) is 1.16. The average molecular weight is 164 g/mol. The first-order chi connectivity index (χ1) is 5.77. The molecule has 1 aromatic rings. The van der Waals surface area contributed by atoms with Gasteiger partial charge < -0.3 is 10.8 Å². The van der Waals surface area contributed by atoms with Crippen LogP contribution in [0.15, 0.2) is 12.1 Å². The van der Waals surface area contributed by atoms with Crippen LogP contribution >= 0.6 is 0 Å². The number of nitrogen functional groups attached to an aromatic ring is 1. The molecule has 12 heavy (non-hydrogen) atoms. The molecule has 0 amide bonds. The van der Waals surface area contributed by atoms with Gasteiger partial charge in [0, 0.05) is 11.3 Å². The summed E-state index contributed by atoms with van der Waals surface area (Å²) in [4.78, 5) is 4.18. The molecule has 1 heterocycles. The molecule has 0 saturated heterocycles. The van der Waals surface area contributed by atoms with Crippen molar-refractivity contribution in [3.05, 3.63) is 23.4 Å². The molecule has 0 saturated carbocycles. The molecule has 1 atom stereocenters. The van der Waals surface area contributed by atoms with E-state index >= 15 is 0 Å². The van der Waals surface area contributed by atoms with Crippen LogP contribution in [0.2, 0.25) is 0 Å². The van der Waals surface area contributed by atoms with Crippen molar-refractivity contribution in [1.82, 2.24) is 4.98 Å². The van der Waals surface area contributed by atoms with E-state index < -0.39 is 0 Å². The molecule has 2 rings (SSSR count). The fraction of sp³-hybridized carbons (Fsp3) is 0.444. The number of hydrogen-bond donors (Lipinski definition) is 2. The number of aryl methyl sites for hydroxylation is 1. The van der Waals surface area contributed by atoms with Gasteiger partial charge in [0.15, 0.2) is 0 Å². The molecule has 1 aromatic heterocycles. The van der Waals surface area contributed by atoms with Crippen LogP contribution in [-0.4, -0.2) is 10.1 Å². The second kappa shape index (κ2) is 2.75. The van der Waals surface area contributed by atoms with Crippen LogP contribution in [-0.2, 0) is 6.42 Å². The van der Waals surface area contributed by atoms with Crippen molar-refractivity contribution in [2.45, 2.75) is 25.4 Å². The van der Waals surface area contributed by atoms with Gasteiger partial charge in [0.2, 0.25) is 0 Å². The van der Waals surface area contributed by atoms with Crippen LogP contribution in [0.25, 0.3) is 0 Å². The molecule has 1 aliphatic carbocycles. The smallest absolute Gasteiger partial charge is 0.123 e. The molecule has 1 aliphatic rings. The molecule has 0 fully saturated rings. The lowest BCUT2D eigenvalue weighted by atomic mass is 9.93. The van der Waals surface area contributed by atoms with Crippen LogP contribution in [0.4, 0.5) is 5.82 Å². The number of nitrogens with zero attached hydrogens (tertiary/aromatic N) is 1. The first kappa shape index (κ1) is 7.55. The number of aliphatic hydroxyl groups is 1. The van der Waals surface area contributed by atoms with Crippen LogP contribution in [0, 0.1) is 0 Å². The van der Waals surface area contributed by atoms with Crippen molar-refractivity contribution in [2.75, 3.05) is 5.73 Å². The first-order valence-electron chi connectivity index (χ1n) is 4.21. The highest BCUT2D eigenvalue weighted by molar-refractivity contribution is 5.36. The Morgan fingerprint density at radius 3 is 3.17 bits per heavy atom. The monoisotopic (exact) mass is 164 g/mol. The summed E-state index contributed by atoms with van der Waals surface area (Å²) in [6.45, 7) is 0. The summed E-state index contributed by atoms with van der Waals surface area (Å²) < 4.78 is 0. The highest BCUT2D eigenvalue weighted by Gasteiger charge is 2.18. The summed E-state index contributed by atoms with van der Waals surface area (Å²) in [6.07, 6.45) is 2.46. The van der Waals surface area contributed by atoms with E-state index in [0.29, 0.717) is 5.82 Å². The fourth-order valence-electron chi connectivity index (χ4n) is 1.65. The summed E-state index contributed by atoms with van der Waals surface area (Å²) >= 11 is 0. The zero-order valence-corrected chi connectivity index (χ0v) is 6.83. The number of fused-ring (bicyclic) bond motifs is 1. The normalized spacial score (nSPS) is 21.9. The Bertz CT molecular complexity index is 299. The Hall–Kier alpha value is -1.09. The molecule has 3 heteroatoms. The molecule has 0 radical (unpaired) electrons. The van der Waals surface area contributed by atoms with Crippen molar-refractivity contribution in [1.29, 1.82) is 0 Å². The van der Waals surface area contributed by atoms with Crippen molar-refractivity contribution < 1.29 is 5.11 Å². The molecule has 0 aliphatic heterocycles. The van der Waals surface area contributed by atoms with E-state index in [2.05, 4.69) is 4.98 Å². The number of aromatic nitrogens is 1. The van der Waals surface area contributed by atoms with Crippen molar-refractivity contribution in [2.24, 2.45) is 0 Å². The predicted octanol–water partition coefficient (Wildman–Crippen LogP) is 1.03. The van der Waals surface area contributed by atoms with Crippen molar-refractivity contribution in [3.8, 4) is 0 Å². The number of pyridine rings is 1. The third-order valence-corrected chi connectivity index (χ3v) is 2.28. The topological polar surface area (TPSA) is 59.1 Å². The Labute approximate surface area is 71.2 Å². The standard InChI is InChI=1S/C9H12N2O/c10-9-5-4-6-7(11-9)2-1-3-8(6)12/h4-5,8,12H,1-3H2,(H2,10,11)/t8-/m1/s1. The highest BCUT2D eigenvalue weighted by atomic mass is 16.3. The molecule has 3 nitrogen and oxygen atoms in total. The molecule has 3 N–H and O–H groups in total. The van der Waals surface area contributed by atoms with Crippen LogP contribution in [0.5, 0.6) is 0 Å². The van der Waals surface area contributed by atoms with Gasteiger partial charge in [-0.1, -0.05) is 6.07 Å². The Kier molecular flexibility index (Phi) is 1.73. The zero-order valence-electron chi connectivity index (χ0n) is 6.83. The van der Waals surface area contributed by atoms with Gasteiger partial charge in [-0.2, -0.15) is 0 Å². The van der Waals surface area contributed by atoms with Gasteiger partial charge in [-0.05, 0) is 25.3 Å². The summed E-state index contributed by atoms with van der Waals surface area (Å²) in [5, 5.41) is 9.57. The minimum Gasteiger partial charge on any atom is -0.388 e. The predicted molar refractivity (Wildman–Crippen MR) is 46.5 cm³/mol. The van der Waals surface area contributed by atoms with Gasteiger partial charge in [0.1, 0.15) is 5.82 Å². The lowest BCUT2D eigenvalue weighted by molar-refractivity contribution is 0.155. The Balaban J connectivity index is 2.46. The molecular weight excluding hydrogens is 152 g/mol. The van der Waals surface area contributed by atoms with E-state index in [1.54, 1.807) is 6.07 Å². The SMILES string of the molecule is Nc1ccc2c(n1)CCC[C@H]2O. The van der Waals surface area contributed by atoms with Crippen molar-refractivity contribution >= 4 is 5.82 Å².